The van der Waals surface area contributed by atoms with E-state index < -0.39 is 0 Å². The van der Waals surface area contributed by atoms with Crippen molar-refractivity contribution in [1.82, 2.24) is 5.32 Å². The number of hydrogen-bond donors (Lipinski definition) is 1. The van der Waals surface area contributed by atoms with Crippen molar-refractivity contribution in [3.63, 3.8) is 0 Å². The molecule has 21 heavy (non-hydrogen) atoms. The standard InChI is InChI=1S/C17H16BrClFN/c18-11-5-6-14(17(20)9-11)12-7-8-21-10-15(12)13-3-1-2-4-16(13)19/h1-6,9,12,15,21H,7-8,10H2. The number of halogens is 3. The van der Waals surface area contributed by atoms with Crippen LogP contribution < -0.4 is 5.32 Å². The van der Waals surface area contributed by atoms with E-state index in [-0.39, 0.29) is 17.7 Å². The quantitative estimate of drug-likeness (QED) is 0.777. The Balaban J connectivity index is 2.00. The van der Waals surface area contributed by atoms with Crippen LogP contribution in [0.15, 0.2) is 46.9 Å². The Morgan fingerprint density at radius 2 is 1.90 bits per heavy atom. The first-order valence-electron chi connectivity index (χ1n) is 7.07. The smallest absolute Gasteiger partial charge is 0.127 e. The predicted molar refractivity (Wildman–Crippen MR) is 88.5 cm³/mol. The molecular formula is C17H16BrClFN. The van der Waals surface area contributed by atoms with Crippen LogP contribution in [0.1, 0.15) is 29.4 Å². The molecule has 0 saturated carbocycles. The fourth-order valence-electron chi connectivity index (χ4n) is 3.14. The molecule has 1 heterocycles. The Morgan fingerprint density at radius 1 is 1.10 bits per heavy atom. The van der Waals surface area contributed by atoms with Crippen LogP contribution >= 0.6 is 27.5 Å². The molecule has 1 fully saturated rings. The molecule has 1 nitrogen and oxygen atoms in total. The molecule has 1 aliphatic heterocycles. The summed E-state index contributed by atoms with van der Waals surface area (Å²) in [7, 11) is 0. The maximum atomic E-state index is 14.3. The molecule has 1 aliphatic rings. The fourth-order valence-corrected chi connectivity index (χ4v) is 3.74. The Hall–Kier alpha value is -0.900. The van der Waals surface area contributed by atoms with Crippen LogP contribution in [0.4, 0.5) is 4.39 Å². The molecule has 3 rings (SSSR count). The highest BCUT2D eigenvalue weighted by Crippen LogP contribution is 2.41. The molecule has 2 aromatic rings. The van der Waals surface area contributed by atoms with Gasteiger partial charge in [-0.3, -0.25) is 0 Å². The molecule has 0 radical (unpaired) electrons. The summed E-state index contributed by atoms with van der Waals surface area (Å²) in [6.45, 7) is 1.73. The van der Waals surface area contributed by atoms with Gasteiger partial charge in [0, 0.05) is 22.0 Å². The van der Waals surface area contributed by atoms with E-state index in [0.29, 0.717) is 0 Å². The van der Waals surface area contributed by atoms with Gasteiger partial charge in [0.1, 0.15) is 5.82 Å². The van der Waals surface area contributed by atoms with Gasteiger partial charge in [0.15, 0.2) is 0 Å². The summed E-state index contributed by atoms with van der Waals surface area (Å²) in [6.07, 6.45) is 0.911. The van der Waals surface area contributed by atoms with E-state index in [4.69, 9.17) is 11.6 Å². The SMILES string of the molecule is Fc1cc(Br)ccc1C1CCNCC1c1ccccc1Cl. The van der Waals surface area contributed by atoms with Crippen molar-refractivity contribution in [3.8, 4) is 0 Å². The minimum atomic E-state index is -0.145. The van der Waals surface area contributed by atoms with Crippen LogP contribution in [0, 0.1) is 5.82 Å². The van der Waals surface area contributed by atoms with Crippen molar-refractivity contribution in [1.29, 1.82) is 0 Å². The lowest BCUT2D eigenvalue weighted by atomic mass is 9.77. The van der Waals surface area contributed by atoms with Gasteiger partial charge in [-0.15, -0.1) is 0 Å². The van der Waals surface area contributed by atoms with Gasteiger partial charge in [-0.2, -0.15) is 0 Å². The summed E-state index contributed by atoms with van der Waals surface area (Å²) < 4.78 is 15.1. The average Bonchev–Trinajstić information content (AvgIpc) is 2.48. The zero-order chi connectivity index (χ0) is 14.8. The number of rotatable bonds is 2. The van der Waals surface area contributed by atoms with Gasteiger partial charge in [0.2, 0.25) is 0 Å². The third-order valence-electron chi connectivity index (χ3n) is 4.15. The van der Waals surface area contributed by atoms with Crippen molar-refractivity contribution in [2.45, 2.75) is 18.3 Å². The molecular weight excluding hydrogens is 353 g/mol. The highest BCUT2D eigenvalue weighted by Gasteiger charge is 2.30. The second kappa shape index (κ2) is 6.47. The molecule has 0 bridgehead atoms. The lowest BCUT2D eigenvalue weighted by molar-refractivity contribution is 0.393. The highest BCUT2D eigenvalue weighted by atomic mass is 79.9. The van der Waals surface area contributed by atoms with Crippen LogP contribution in [0.5, 0.6) is 0 Å². The van der Waals surface area contributed by atoms with E-state index in [1.807, 2.05) is 36.4 Å². The first-order chi connectivity index (χ1) is 10.2. The Bertz CT molecular complexity index is 646. The van der Waals surface area contributed by atoms with Crippen molar-refractivity contribution < 1.29 is 4.39 Å². The van der Waals surface area contributed by atoms with Crippen molar-refractivity contribution in [2.75, 3.05) is 13.1 Å². The zero-order valence-electron chi connectivity index (χ0n) is 11.5. The van der Waals surface area contributed by atoms with Crippen molar-refractivity contribution in [3.05, 3.63) is 68.9 Å². The second-order valence-corrected chi connectivity index (χ2v) is 6.72. The molecule has 2 aromatic carbocycles. The lowest BCUT2D eigenvalue weighted by Gasteiger charge is -2.33. The topological polar surface area (TPSA) is 12.0 Å². The summed E-state index contributed by atoms with van der Waals surface area (Å²) in [4.78, 5) is 0. The molecule has 1 N–H and O–H groups in total. The second-order valence-electron chi connectivity index (χ2n) is 5.39. The van der Waals surface area contributed by atoms with Crippen LogP contribution in [-0.4, -0.2) is 13.1 Å². The monoisotopic (exact) mass is 367 g/mol. The average molecular weight is 369 g/mol. The summed E-state index contributed by atoms with van der Waals surface area (Å²) >= 11 is 9.66. The van der Waals surface area contributed by atoms with E-state index in [1.54, 1.807) is 6.07 Å². The number of hydrogen-bond acceptors (Lipinski definition) is 1. The molecule has 1 saturated heterocycles. The van der Waals surface area contributed by atoms with Gasteiger partial charge in [0.05, 0.1) is 0 Å². The summed E-state index contributed by atoms with van der Waals surface area (Å²) in [5, 5.41) is 4.16. The van der Waals surface area contributed by atoms with Crippen molar-refractivity contribution >= 4 is 27.5 Å². The van der Waals surface area contributed by atoms with E-state index in [9.17, 15) is 4.39 Å². The highest BCUT2D eigenvalue weighted by molar-refractivity contribution is 9.10. The van der Waals surface area contributed by atoms with Gasteiger partial charge < -0.3 is 5.32 Å². The summed E-state index contributed by atoms with van der Waals surface area (Å²) in [5.74, 6) is 0.204. The third-order valence-corrected chi connectivity index (χ3v) is 4.99. The van der Waals surface area contributed by atoms with E-state index in [2.05, 4.69) is 21.2 Å². The molecule has 0 aromatic heterocycles. The fraction of sp³-hybridized carbons (Fsp3) is 0.294. The van der Waals surface area contributed by atoms with E-state index >= 15 is 0 Å². The minimum Gasteiger partial charge on any atom is -0.316 e. The van der Waals surface area contributed by atoms with Gasteiger partial charge in [-0.05, 0) is 48.2 Å². The molecule has 2 atom stereocenters. The van der Waals surface area contributed by atoms with E-state index in [1.165, 1.54) is 0 Å². The largest absolute Gasteiger partial charge is 0.316 e. The third kappa shape index (κ3) is 3.15. The maximum Gasteiger partial charge on any atom is 0.127 e. The van der Waals surface area contributed by atoms with Gasteiger partial charge in [-0.25, -0.2) is 4.39 Å². The van der Waals surface area contributed by atoms with Crippen LogP contribution in [0.2, 0.25) is 5.02 Å². The molecule has 0 amide bonds. The Morgan fingerprint density at radius 3 is 2.67 bits per heavy atom. The number of benzene rings is 2. The van der Waals surface area contributed by atoms with Crippen LogP contribution in [-0.2, 0) is 0 Å². The number of piperidine rings is 1. The van der Waals surface area contributed by atoms with E-state index in [0.717, 1.165) is 40.1 Å². The molecule has 110 valence electrons. The summed E-state index contributed by atoms with van der Waals surface area (Å²) in [6, 6.07) is 13.2. The molecule has 0 spiro atoms. The first kappa shape index (κ1) is 15.0. The van der Waals surface area contributed by atoms with Gasteiger partial charge in [-0.1, -0.05) is 51.8 Å². The van der Waals surface area contributed by atoms with Gasteiger partial charge >= 0.3 is 0 Å². The summed E-state index contributed by atoms with van der Waals surface area (Å²) in [5.41, 5.74) is 1.88. The zero-order valence-corrected chi connectivity index (χ0v) is 13.8. The molecule has 2 unspecified atom stereocenters. The predicted octanol–water partition coefficient (Wildman–Crippen LogP) is 5.10. The normalized spacial score (nSPS) is 22.2. The Labute approximate surface area is 137 Å². The lowest BCUT2D eigenvalue weighted by Crippen LogP contribution is -2.34. The van der Waals surface area contributed by atoms with Crippen LogP contribution in [0.3, 0.4) is 0 Å². The number of nitrogens with one attached hydrogen (secondary N) is 1. The molecule has 4 heteroatoms. The van der Waals surface area contributed by atoms with Crippen molar-refractivity contribution in [2.24, 2.45) is 0 Å². The minimum absolute atomic E-state index is 0.145. The first-order valence-corrected chi connectivity index (χ1v) is 8.24. The van der Waals surface area contributed by atoms with Crippen LogP contribution in [0.25, 0.3) is 0 Å². The van der Waals surface area contributed by atoms with Gasteiger partial charge in [0.25, 0.3) is 0 Å². The maximum absolute atomic E-state index is 14.3. The Kier molecular flexibility index (Phi) is 4.63. The molecule has 0 aliphatic carbocycles.